The van der Waals surface area contributed by atoms with Gasteiger partial charge in [0.05, 0.1) is 11.9 Å². The number of rotatable bonds is 10. The highest BCUT2D eigenvalue weighted by Crippen LogP contribution is 2.25. The van der Waals surface area contributed by atoms with E-state index in [-0.39, 0.29) is 12.5 Å². The zero-order chi connectivity index (χ0) is 24.8. The van der Waals surface area contributed by atoms with E-state index in [0.29, 0.717) is 17.3 Å². The molecule has 0 saturated heterocycles. The van der Waals surface area contributed by atoms with Gasteiger partial charge in [0.15, 0.2) is 0 Å². The Hall–Kier alpha value is -2.10. The third kappa shape index (κ3) is 7.72. The fraction of sp³-hybridized carbons (Fsp3) is 0.391. The van der Waals surface area contributed by atoms with Gasteiger partial charge in [-0.05, 0) is 61.7 Å². The lowest BCUT2D eigenvalue weighted by molar-refractivity contribution is -0.139. The van der Waals surface area contributed by atoms with Gasteiger partial charge < -0.3 is 10.2 Å². The Labute approximate surface area is 209 Å². The number of benzene rings is 2. The predicted octanol–water partition coefficient (Wildman–Crippen LogP) is 4.12. The molecule has 180 valence electrons. The zero-order valence-electron chi connectivity index (χ0n) is 19.1. The first-order valence-electron chi connectivity index (χ1n) is 10.5. The van der Waals surface area contributed by atoms with E-state index >= 15 is 0 Å². The van der Waals surface area contributed by atoms with Crippen LogP contribution in [0.15, 0.2) is 46.9 Å². The van der Waals surface area contributed by atoms with Crippen molar-refractivity contribution in [3.63, 3.8) is 0 Å². The monoisotopic (exact) mass is 557 g/mol. The molecule has 0 aliphatic carbocycles. The van der Waals surface area contributed by atoms with Gasteiger partial charge in [0.25, 0.3) is 0 Å². The number of hydrogen-bond donors (Lipinski definition) is 1. The molecule has 0 aliphatic rings. The van der Waals surface area contributed by atoms with Gasteiger partial charge >= 0.3 is 0 Å². The maximum atomic E-state index is 13.4. The van der Waals surface area contributed by atoms with Crippen molar-refractivity contribution in [2.45, 2.75) is 39.8 Å². The average molecular weight is 559 g/mol. The fourth-order valence-electron chi connectivity index (χ4n) is 3.21. The lowest BCUT2D eigenvalue weighted by Crippen LogP contribution is -2.51. The van der Waals surface area contributed by atoms with Crippen LogP contribution in [0.25, 0.3) is 0 Å². The van der Waals surface area contributed by atoms with E-state index in [4.69, 9.17) is 11.6 Å². The Kier molecular flexibility index (Phi) is 9.75. The highest BCUT2D eigenvalue weighted by Gasteiger charge is 2.30. The largest absolute Gasteiger partial charge is 0.354 e. The van der Waals surface area contributed by atoms with Crippen molar-refractivity contribution in [2.75, 3.05) is 23.7 Å². The number of nitrogens with zero attached hydrogens (tertiary/aromatic N) is 2. The molecule has 0 bridgehead atoms. The molecule has 0 unspecified atom stereocenters. The molecule has 0 aromatic heterocycles. The predicted molar refractivity (Wildman–Crippen MR) is 136 cm³/mol. The van der Waals surface area contributed by atoms with Crippen LogP contribution in [0.4, 0.5) is 5.69 Å². The minimum absolute atomic E-state index is 0.108. The Balaban J connectivity index is 2.39. The molecule has 1 atom stereocenters. The molecule has 0 aliphatic heterocycles. The van der Waals surface area contributed by atoms with Crippen LogP contribution in [-0.2, 0) is 26.2 Å². The molecule has 0 fully saturated rings. The summed E-state index contributed by atoms with van der Waals surface area (Å²) in [7, 11) is -3.77. The maximum Gasteiger partial charge on any atom is 0.244 e. The summed E-state index contributed by atoms with van der Waals surface area (Å²) in [5.41, 5.74) is 1.94. The molecule has 2 aromatic carbocycles. The van der Waals surface area contributed by atoms with Gasteiger partial charge in [-0.15, -0.1) is 0 Å². The van der Waals surface area contributed by atoms with Crippen LogP contribution in [0.1, 0.15) is 31.4 Å². The van der Waals surface area contributed by atoms with Crippen molar-refractivity contribution in [1.82, 2.24) is 10.2 Å². The van der Waals surface area contributed by atoms with E-state index in [2.05, 4.69) is 21.2 Å². The van der Waals surface area contributed by atoms with Crippen molar-refractivity contribution >= 4 is 55.1 Å². The Morgan fingerprint density at radius 2 is 1.88 bits per heavy atom. The minimum Gasteiger partial charge on any atom is -0.354 e. The first kappa shape index (κ1) is 27.1. The molecule has 0 heterocycles. The van der Waals surface area contributed by atoms with Gasteiger partial charge in [0, 0.05) is 22.6 Å². The number of halogens is 2. The van der Waals surface area contributed by atoms with Gasteiger partial charge in [-0.3, -0.25) is 13.9 Å². The summed E-state index contributed by atoms with van der Waals surface area (Å²) in [5, 5.41) is 3.30. The number of amides is 2. The molecule has 33 heavy (non-hydrogen) atoms. The second-order valence-electron chi connectivity index (χ2n) is 7.82. The first-order chi connectivity index (χ1) is 15.4. The summed E-state index contributed by atoms with van der Waals surface area (Å²) in [6.07, 6.45) is 1.81. The van der Waals surface area contributed by atoms with E-state index in [1.165, 1.54) is 4.90 Å². The fourth-order valence-corrected chi connectivity index (χ4v) is 4.51. The molecular formula is C23H29BrClN3O4S. The summed E-state index contributed by atoms with van der Waals surface area (Å²) in [6, 6.07) is 11.2. The third-order valence-electron chi connectivity index (χ3n) is 5.07. The molecule has 0 saturated carbocycles. The Morgan fingerprint density at radius 3 is 2.45 bits per heavy atom. The van der Waals surface area contributed by atoms with Crippen LogP contribution in [-0.4, -0.2) is 50.5 Å². The summed E-state index contributed by atoms with van der Waals surface area (Å²) in [4.78, 5) is 27.5. The lowest BCUT2D eigenvalue weighted by atomic mass is 10.1. The number of nitrogens with one attached hydrogen (secondary N) is 1. The lowest BCUT2D eigenvalue weighted by Gasteiger charge is -2.31. The van der Waals surface area contributed by atoms with E-state index in [9.17, 15) is 18.0 Å². The SMILES string of the molecule is CCCNC(=O)[C@@H](C)N(Cc1cccc(Cl)c1)C(=O)CN(c1ccc(Br)c(C)c1)S(C)(=O)=O. The summed E-state index contributed by atoms with van der Waals surface area (Å²) >= 11 is 9.50. The van der Waals surface area contributed by atoms with Crippen LogP contribution in [0, 0.1) is 6.92 Å². The number of sulfonamides is 1. The van der Waals surface area contributed by atoms with Gasteiger partial charge in [-0.2, -0.15) is 0 Å². The summed E-state index contributed by atoms with van der Waals surface area (Å²) in [5.74, 6) is -0.808. The molecular weight excluding hydrogens is 530 g/mol. The van der Waals surface area contributed by atoms with Gasteiger partial charge in [0.2, 0.25) is 21.8 Å². The molecule has 0 spiro atoms. The first-order valence-corrected chi connectivity index (χ1v) is 13.5. The average Bonchev–Trinajstić information content (AvgIpc) is 2.74. The second kappa shape index (κ2) is 11.9. The number of hydrogen-bond acceptors (Lipinski definition) is 4. The van der Waals surface area contributed by atoms with E-state index in [0.717, 1.165) is 32.6 Å². The zero-order valence-corrected chi connectivity index (χ0v) is 22.3. The highest BCUT2D eigenvalue weighted by atomic mass is 79.9. The normalized spacial score (nSPS) is 12.2. The summed E-state index contributed by atoms with van der Waals surface area (Å²) in [6.45, 7) is 5.55. The number of carbonyl (C=O) groups excluding carboxylic acids is 2. The van der Waals surface area contributed by atoms with Crippen molar-refractivity contribution in [3.05, 3.63) is 63.1 Å². The van der Waals surface area contributed by atoms with Crippen LogP contribution in [0.3, 0.4) is 0 Å². The standard InChI is InChI=1S/C23H29BrClN3O4S/c1-5-11-26-23(30)17(3)27(14-18-7-6-8-19(25)13-18)22(29)15-28(33(4,31)32)20-9-10-21(24)16(2)12-20/h6-10,12-13,17H,5,11,14-15H2,1-4H3,(H,26,30)/t17-/m1/s1. The van der Waals surface area contributed by atoms with Crippen molar-refractivity contribution < 1.29 is 18.0 Å². The maximum absolute atomic E-state index is 13.4. The molecule has 2 amide bonds. The molecule has 1 N–H and O–H groups in total. The van der Waals surface area contributed by atoms with Crippen molar-refractivity contribution in [1.29, 1.82) is 0 Å². The van der Waals surface area contributed by atoms with Crippen LogP contribution < -0.4 is 9.62 Å². The number of carbonyl (C=O) groups is 2. The number of aryl methyl sites for hydroxylation is 1. The summed E-state index contributed by atoms with van der Waals surface area (Å²) < 4.78 is 27.0. The number of anilines is 1. The van der Waals surface area contributed by atoms with Crippen LogP contribution >= 0.6 is 27.5 Å². The third-order valence-corrected chi connectivity index (χ3v) is 7.33. The molecule has 2 rings (SSSR count). The Morgan fingerprint density at radius 1 is 1.18 bits per heavy atom. The molecule has 10 heteroatoms. The van der Waals surface area contributed by atoms with Crippen LogP contribution in [0.5, 0.6) is 0 Å². The quantitative estimate of drug-likeness (QED) is 0.475. The minimum atomic E-state index is -3.77. The van der Waals surface area contributed by atoms with Crippen molar-refractivity contribution in [3.8, 4) is 0 Å². The van der Waals surface area contributed by atoms with E-state index in [1.54, 1.807) is 49.4 Å². The highest BCUT2D eigenvalue weighted by molar-refractivity contribution is 9.10. The Bertz CT molecular complexity index is 1110. The van der Waals surface area contributed by atoms with Gasteiger partial charge in [0.1, 0.15) is 12.6 Å². The van der Waals surface area contributed by atoms with Gasteiger partial charge in [-0.1, -0.05) is 46.6 Å². The van der Waals surface area contributed by atoms with E-state index in [1.807, 2.05) is 13.8 Å². The molecule has 2 aromatic rings. The van der Waals surface area contributed by atoms with Crippen molar-refractivity contribution in [2.24, 2.45) is 0 Å². The molecule has 7 nitrogen and oxygen atoms in total. The van der Waals surface area contributed by atoms with E-state index < -0.39 is 28.5 Å². The molecule has 0 radical (unpaired) electrons. The van der Waals surface area contributed by atoms with Gasteiger partial charge in [-0.25, -0.2) is 8.42 Å². The topological polar surface area (TPSA) is 86.8 Å². The van der Waals surface area contributed by atoms with Crippen LogP contribution in [0.2, 0.25) is 5.02 Å². The second-order valence-corrected chi connectivity index (χ2v) is 11.0. The smallest absolute Gasteiger partial charge is 0.244 e.